The molecule has 1 atom stereocenters. The highest BCUT2D eigenvalue weighted by atomic mass is 35.5. The summed E-state index contributed by atoms with van der Waals surface area (Å²) in [6, 6.07) is 26.6. The van der Waals surface area contributed by atoms with Crippen molar-refractivity contribution in [3.8, 4) is 5.75 Å². The molecule has 4 rings (SSSR count). The highest BCUT2D eigenvalue weighted by molar-refractivity contribution is 6.54. The molecule has 0 amide bonds. The van der Waals surface area contributed by atoms with Gasteiger partial charge in [-0.25, -0.2) is 0 Å². The zero-order chi connectivity index (χ0) is 21.6. The van der Waals surface area contributed by atoms with Crippen LogP contribution in [0.3, 0.4) is 0 Å². The lowest BCUT2D eigenvalue weighted by Gasteiger charge is -2.21. The van der Waals surface area contributed by atoms with Crippen molar-refractivity contribution in [2.45, 2.75) is 37.7 Å². The molecule has 1 aliphatic rings. The topological polar surface area (TPSA) is 12.2 Å². The molecule has 0 spiro atoms. The van der Waals surface area contributed by atoms with Gasteiger partial charge >= 0.3 is 0 Å². The average molecular weight is 440 g/mol. The van der Waals surface area contributed by atoms with Gasteiger partial charge in [0, 0.05) is 5.69 Å². The van der Waals surface area contributed by atoms with Crippen LogP contribution in [0.15, 0.2) is 78.9 Å². The lowest BCUT2D eigenvalue weighted by atomic mass is 9.90. The molecule has 0 aromatic heterocycles. The number of hydrogen-bond acceptors (Lipinski definition) is 2. The summed E-state index contributed by atoms with van der Waals surface area (Å²) in [7, 11) is 0. The maximum Gasteiger partial charge on any atom is 0.223 e. The van der Waals surface area contributed by atoms with Crippen LogP contribution in [0.4, 0.5) is 5.69 Å². The molecular formula is C26H27Cl2NO. The van der Waals surface area contributed by atoms with E-state index in [1.54, 1.807) is 0 Å². The molecule has 30 heavy (non-hydrogen) atoms. The number of halogens is 2. The first kappa shape index (κ1) is 21.1. The quantitative estimate of drug-likeness (QED) is 0.234. The van der Waals surface area contributed by atoms with E-state index in [2.05, 4.69) is 81.1 Å². The van der Waals surface area contributed by atoms with Crippen LogP contribution >= 0.6 is 23.2 Å². The normalized spacial score (nSPS) is 20.1. The molecule has 4 heteroatoms. The van der Waals surface area contributed by atoms with Gasteiger partial charge in [0.1, 0.15) is 11.3 Å². The van der Waals surface area contributed by atoms with Crippen molar-refractivity contribution in [2.24, 2.45) is 5.41 Å². The van der Waals surface area contributed by atoms with Crippen LogP contribution in [0.25, 0.3) is 0 Å². The van der Waals surface area contributed by atoms with Gasteiger partial charge in [-0.2, -0.15) is 0 Å². The molecular weight excluding hydrogens is 413 g/mol. The monoisotopic (exact) mass is 439 g/mol. The van der Waals surface area contributed by atoms with Gasteiger partial charge in [-0.1, -0.05) is 104 Å². The second kappa shape index (κ2) is 7.51. The molecule has 3 aromatic carbocycles. The SMILES string of the molecule is Cc1ccc(N2C(Cl)(Cl)C2(c2ccccc2)c2ccc(OCC(C)(C)C)cc2)cc1. The molecule has 0 N–H and O–H groups in total. The van der Waals surface area contributed by atoms with E-state index in [9.17, 15) is 0 Å². The Balaban J connectivity index is 1.76. The van der Waals surface area contributed by atoms with Gasteiger partial charge in [-0.15, -0.1) is 0 Å². The number of ether oxygens (including phenoxy) is 1. The second-order valence-electron chi connectivity index (χ2n) is 9.16. The summed E-state index contributed by atoms with van der Waals surface area (Å²) in [6.45, 7) is 9.20. The first-order chi connectivity index (χ1) is 14.2. The Morgan fingerprint density at radius 3 is 1.93 bits per heavy atom. The van der Waals surface area contributed by atoms with Crippen molar-refractivity contribution in [3.63, 3.8) is 0 Å². The van der Waals surface area contributed by atoms with Crippen molar-refractivity contribution < 1.29 is 4.74 Å². The number of benzene rings is 3. The van der Waals surface area contributed by atoms with Gasteiger partial charge in [0.15, 0.2) is 0 Å². The van der Waals surface area contributed by atoms with Gasteiger partial charge in [-0.3, -0.25) is 0 Å². The molecule has 2 nitrogen and oxygen atoms in total. The Morgan fingerprint density at radius 1 is 0.800 bits per heavy atom. The zero-order valence-corrected chi connectivity index (χ0v) is 19.3. The van der Waals surface area contributed by atoms with Gasteiger partial charge < -0.3 is 9.64 Å². The summed E-state index contributed by atoms with van der Waals surface area (Å²) in [6.07, 6.45) is 0. The average Bonchev–Trinajstić information content (AvgIpc) is 3.24. The largest absolute Gasteiger partial charge is 0.493 e. The number of rotatable bonds is 5. The van der Waals surface area contributed by atoms with Crippen molar-refractivity contribution in [3.05, 3.63) is 95.6 Å². The number of hydrogen-bond donors (Lipinski definition) is 0. The first-order valence-corrected chi connectivity index (χ1v) is 11.0. The molecule has 1 unspecified atom stereocenters. The Hall–Kier alpha value is -2.16. The molecule has 1 heterocycles. The van der Waals surface area contributed by atoms with E-state index in [1.165, 1.54) is 5.56 Å². The fourth-order valence-corrected chi connectivity index (χ4v) is 4.87. The maximum atomic E-state index is 6.99. The van der Waals surface area contributed by atoms with Gasteiger partial charge in [0.05, 0.1) is 6.61 Å². The lowest BCUT2D eigenvalue weighted by Crippen LogP contribution is -2.20. The predicted molar refractivity (Wildman–Crippen MR) is 127 cm³/mol. The molecule has 0 aliphatic carbocycles. The van der Waals surface area contributed by atoms with Crippen molar-refractivity contribution in [2.75, 3.05) is 11.5 Å². The summed E-state index contributed by atoms with van der Waals surface area (Å²) in [5.74, 6) is 0.842. The van der Waals surface area contributed by atoms with Crippen LogP contribution in [0.2, 0.25) is 0 Å². The minimum Gasteiger partial charge on any atom is -0.493 e. The summed E-state index contributed by atoms with van der Waals surface area (Å²) in [4.78, 5) is 2.07. The van der Waals surface area contributed by atoms with E-state index in [0.717, 1.165) is 22.6 Å². The van der Waals surface area contributed by atoms with Crippen LogP contribution < -0.4 is 9.64 Å². The van der Waals surface area contributed by atoms with Crippen molar-refractivity contribution in [1.82, 2.24) is 0 Å². The Kier molecular flexibility index (Phi) is 5.28. The van der Waals surface area contributed by atoms with E-state index >= 15 is 0 Å². The smallest absolute Gasteiger partial charge is 0.223 e. The Labute approximate surface area is 189 Å². The van der Waals surface area contributed by atoms with E-state index in [4.69, 9.17) is 27.9 Å². The molecule has 0 radical (unpaired) electrons. The van der Waals surface area contributed by atoms with Crippen LogP contribution in [0.1, 0.15) is 37.5 Å². The fraction of sp³-hybridized carbons (Fsp3) is 0.308. The molecule has 0 bridgehead atoms. The Bertz CT molecular complexity index is 1010. The molecule has 1 saturated heterocycles. The first-order valence-electron chi connectivity index (χ1n) is 10.2. The summed E-state index contributed by atoms with van der Waals surface area (Å²) in [5, 5.41) is 0. The highest BCUT2D eigenvalue weighted by Gasteiger charge is 2.76. The van der Waals surface area contributed by atoms with E-state index in [-0.39, 0.29) is 5.41 Å². The number of alkyl halides is 2. The fourth-order valence-electron chi connectivity index (χ4n) is 3.90. The van der Waals surface area contributed by atoms with Crippen molar-refractivity contribution in [1.29, 1.82) is 0 Å². The maximum absolute atomic E-state index is 6.99. The lowest BCUT2D eigenvalue weighted by molar-refractivity contribution is 0.198. The van der Waals surface area contributed by atoms with Crippen LogP contribution in [0, 0.1) is 12.3 Å². The molecule has 3 aromatic rings. The predicted octanol–water partition coefficient (Wildman–Crippen LogP) is 7.32. The Morgan fingerprint density at radius 2 is 1.37 bits per heavy atom. The van der Waals surface area contributed by atoms with Gasteiger partial charge in [0.25, 0.3) is 0 Å². The van der Waals surface area contributed by atoms with E-state index < -0.39 is 10.00 Å². The minimum absolute atomic E-state index is 0.101. The second-order valence-corrected chi connectivity index (χ2v) is 10.4. The van der Waals surface area contributed by atoms with Crippen LogP contribution in [0.5, 0.6) is 5.75 Å². The number of nitrogens with zero attached hydrogens (tertiary/aromatic N) is 1. The number of aryl methyl sites for hydroxylation is 1. The minimum atomic E-state index is -1.10. The van der Waals surface area contributed by atoms with E-state index in [1.807, 2.05) is 30.3 Å². The summed E-state index contributed by atoms with van der Waals surface area (Å²) in [5.41, 5.74) is 3.70. The van der Waals surface area contributed by atoms with E-state index in [0.29, 0.717) is 6.61 Å². The molecule has 0 saturated carbocycles. The number of anilines is 1. The summed E-state index contributed by atoms with van der Waals surface area (Å²) >= 11 is 14.0. The standard InChI is InChI=1S/C26H27Cl2NO/c1-19-10-14-22(15-11-19)29-25(26(29,27)28,20-8-6-5-7-9-20)21-12-16-23(17-13-21)30-18-24(2,3)4/h5-17H,18H2,1-4H3. The molecule has 1 fully saturated rings. The third kappa shape index (κ3) is 3.57. The van der Waals surface area contributed by atoms with Gasteiger partial charge in [-0.05, 0) is 47.7 Å². The van der Waals surface area contributed by atoms with Crippen LogP contribution in [-0.2, 0) is 5.54 Å². The molecule has 156 valence electrons. The third-order valence-electron chi connectivity index (χ3n) is 5.43. The zero-order valence-electron chi connectivity index (χ0n) is 17.8. The highest BCUT2D eigenvalue weighted by Crippen LogP contribution is 2.69. The third-order valence-corrected chi connectivity index (χ3v) is 6.31. The summed E-state index contributed by atoms with van der Waals surface area (Å²) < 4.78 is 4.86. The molecule has 1 aliphatic heterocycles. The van der Waals surface area contributed by atoms with Gasteiger partial charge in [0.2, 0.25) is 4.46 Å². The van der Waals surface area contributed by atoms with Crippen LogP contribution in [-0.4, -0.2) is 11.1 Å². The van der Waals surface area contributed by atoms with Crippen molar-refractivity contribution >= 4 is 28.9 Å².